The van der Waals surface area contributed by atoms with Gasteiger partial charge in [0.2, 0.25) is 0 Å². The van der Waals surface area contributed by atoms with Crippen LogP contribution in [0.1, 0.15) is 5.56 Å². The van der Waals surface area contributed by atoms with E-state index in [1.165, 1.54) is 10.9 Å². The molecule has 11 heavy (non-hydrogen) atoms. The highest BCUT2D eigenvalue weighted by Gasteiger charge is 2.00. The van der Waals surface area contributed by atoms with Gasteiger partial charge in [-0.1, -0.05) is 17.7 Å². The van der Waals surface area contributed by atoms with Crippen molar-refractivity contribution in [3.05, 3.63) is 35.1 Å². The Morgan fingerprint density at radius 2 is 1.91 bits per heavy atom. The number of rotatable bonds is 0. The molecule has 0 bridgehead atoms. The standard InChI is InChI=1S/C9H8ClN/c1-6-2-3-9(10)8-5-11-4-7(6)8/h2-5,11H,1H3. The molecule has 0 aliphatic rings. The van der Waals surface area contributed by atoms with Crippen molar-refractivity contribution in [2.45, 2.75) is 6.92 Å². The van der Waals surface area contributed by atoms with E-state index in [2.05, 4.69) is 11.9 Å². The number of aromatic amines is 1. The summed E-state index contributed by atoms with van der Waals surface area (Å²) < 4.78 is 0. The van der Waals surface area contributed by atoms with Gasteiger partial charge in [-0.2, -0.15) is 0 Å². The predicted octanol–water partition coefficient (Wildman–Crippen LogP) is 3.13. The van der Waals surface area contributed by atoms with Crippen molar-refractivity contribution in [1.29, 1.82) is 0 Å². The Morgan fingerprint density at radius 3 is 2.64 bits per heavy atom. The van der Waals surface area contributed by atoms with Crippen molar-refractivity contribution < 1.29 is 0 Å². The first-order valence-corrected chi connectivity index (χ1v) is 3.88. The van der Waals surface area contributed by atoms with Crippen molar-refractivity contribution in [1.82, 2.24) is 4.98 Å². The quantitative estimate of drug-likeness (QED) is 0.618. The van der Waals surface area contributed by atoms with Crippen LogP contribution in [0, 0.1) is 6.92 Å². The van der Waals surface area contributed by atoms with Gasteiger partial charge in [0.1, 0.15) is 0 Å². The third-order valence-corrected chi connectivity index (χ3v) is 2.24. The van der Waals surface area contributed by atoms with E-state index in [0.717, 1.165) is 10.4 Å². The summed E-state index contributed by atoms with van der Waals surface area (Å²) >= 11 is 5.95. The minimum absolute atomic E-state index is 0.812. The van der Waals surface area contributed by atoms with Gasteiger partial charge in [0.15, 0.2) is 0 Å². The third kappa shape index (κ3) is 0.925. The lowest BCUT2D eigenvalue weighted by Crippen LogP contribution is -1.72. The lowest BCUT2D eigenvalue weighted by molar-refractivity contribution is 1.42. The number of halogens is 1. The Kier molecular flexibility index (Phi) is 1.40. The number of aromatic nitrogens is 1. The molecule has 2 aromatic rings. The van der Waals surface area contributed by atoms with Crippen LogP contribution in [0.5, 0.6) is 0 Å². The predicted molar refractivity (Wildman–Crippen MR) is 48.0 cm³/mol. The number of nitrogens with one attached hydrogen (secondary N) is 1. The second-order valence-corrected chi connectivity index (χ2v) is 3.05. The highest BCUT2D eigenvalue weighted by Crippen LogP contribution is 2.25. The average molecular weight is 166 g/mol. The van der Waals surface area contributed by atoms with Crippen molar-refractivity contribution in [3.63, 3.8) is 0 Å². The van der Waals surface area contributed by atoms with E-state index >= 15 is 0 Å². The number of hydrogen-bond acceptors (Lipinski definition) is 0. The molecule has 56 valence electrons. The number of benzene rings is 1. The molecule has 1 aromatic heterocycles. The van der Waals surface area contributed by atoms with Crippen LogP contribution in [0.15, 0.2) is 24.5 Å². The van der Waals surface area contributed by atoms with Crippen LogP contribution in [0.25, 0.3) is 10.8 Å². The minimum atomic E-state index is 0.812. The zero-order chi connectivity index (χ0) is 7.84. The largest absolute Gasteiger partial charge is 0.366 e. The number of hydrogen-bond donors (Lipinski definition) is 1. The smallest absolute Gasteiger partial charge is 0.0499 e. The summed E-state index contributed by atoms with van der Waals surface area (Å²) in [6.07, 6.45) is 3.89. The molecule has 1 heterocycles. The fraction of sp³-hybridized carbons (Fsp3) is 0.111. The molecule has 0 amide bonds. The molecule has 0 atom stereocenters. The molecule has 0 saturated heterocycles. The molecule has 1 aromatic carbocycles. The molecule has 0 saturated carbocycles. The van der Waals surface area contributed by atoms with Crippen LogP contribution in [-0.2, 0) is 0 Å². The maximum atomic E-state index is 5.95. The van der Waals surface area contributed by atoms with Gasteiger partial charge in [0.05, 0.1) is 0 Å². The van der Waals surface area contributed by atoms with Crippen LogP contribution in [0.2, 0.25) is 5.02 Å². The maximum Gasteiger partial charge on any atom is 0.0499 e. The number of fused-ring (bicyclic) bond motifs is 1. The molecule has 2 rings (SSSR count). The van der Waals surface area contributed by atoms with Crippen molar-refractivity contribution in [2.75, 3.05) is 0 Å². The van der Waals surface area contributed by atoms with Crippen molar-refractivity contribution >= 4 is 22.4 Å². The van der Waals surface area contributed by atoms with Crippen LogP contribution in [-0.4, -0.2) is 4.98 Å². The fourth-order valence-corrected chi connectivity index (χ4v) is 1.48. The SMILES string of the molecule is Cc1ccc(Cl)c2c[nH]cc12. The second-order valence-electron chi connectivity index (χ2n) is 2.65. The number of H-pyrrole nitrogens is 1. The van der Waals surface area contributed by atoms with Crippen LogP contribution in [0.3, 0.4) is 0 Å². The van der Waals surface area contributed by atoms with Gasteiger partial charge in [-0.05, 0) is 18.6 Å². The summed E-state index contributed by atoms with van der Waals surface area (Å²) in [5.74, 6) is 0. The zero-order valence-electron chi connectivity index (χ0n) is 6.19. The van der Waals surface area contributed by atoms with E-state index in [9.17, 15) is 0 Å². The average Bonchev–Trinajstić information content (AvgIpc) is 2.45. The molecule has 0 aliphatic carbocycles. The molecular weight excluding hydrogens is 158 g/mol. The summed E-state index contributed by atoms with van der Waals surface area (Å²) in [5, 5.41) is 3.12. The molecule has 1 nitrogen and oxygen atoms in total. The van der Waals surface area contributed by atoms with Crippen molar-refractivity contribution in [3.8, 4) is 0 Å². The molecule has 0 fully saturated rings. The van der Waals surface area contributed by atoms with E-state index in [-0.39, 0.29) is 0 Å². The summed E-state index contributed by atoms with van der Waals surface area (Å²) in [6.45, 7) is 2.08. The van der Waals surface area contributed by atoms with Gasteiger partial charge in [0.25, 0.3) is 0 Å². The monoisotopic (exact) mass is 165 g/mol. The lowest BCUT2D eigenvalue weighted by Gasteiger charge is -1.96. The topological polar surface area (TPSA) is 15.8 Å². The van der Waals surface area contributed by atoms with Crippen LogP contribution < -0.4 is 0 Å². The Balaban J connectivity index is 2.96. The van der Waals surface area contributed by atoms with Gasteiger partial charge in [-0.15, -0.1) is 0 Å². The fourth-order valence-electron chi connectivity index (χ4n) is 1.27. The van der Waals surface area contributed by atoms with Crippen molar-refractivity contribution in [2.24, 2.45) is 0 Å². The first-order chi connectivity index (χ1) is 5.29. The Hall–Kier alpha value is -0.950. The summed E-state index contributed by atoms with van der Waals surface area (Å²) in [7, 11) is 0. The summed E-state index contributed by atoms with van der Waals surface area (Å²) in [6, 6.07) is 3.95. The highest BCUT2D eigenvalue weighted by molar-refractivity contribution is 6.35. The summed E-state index contributed by atoms with van der Waals surface area (Å²) in [4.78, 5) is 3.03. The van der Waals surface area contributed by atoms with Gasteiger partial charge in [-0.3, -0.25) is 0 Å². The number of aryl methyl sites for hydroxylation is 1. The lowest BCUT2D eigenvalue weighted by atomic mass is 10.1. The maximum absolute atomic E-state index is 5.95. The molecule has 0 spiro atoms. The Labute approximate surface area is 70.0 Å². The Bertz CT molecular complexity index is 353. The minimum Gasteiger partial charge on any atom is -0.366 e. The van der Waals surface area contributed by atoms with Gasteiger partial charge >= 0.3 is 0 Å². The molecule has 1 N–H and O–H groups in total. The van der Waals surface area contributed by atoms with Gasteiger partial charge < -0.3 is 4.98 Å². The molecule has 0 aliphatic heterocycles. The second kappa shape index (κ2) is 2.28. The zero-order valence-corrected chi connectivity index (χ0v) is 6.94. The van der Waals surface area contributed by atoms with E-state index < -0.39 is 0 Å². The van der Waals surface area contributed by atoms with E-state index in [0.29, 0.717) is 0 Å². The van der Waals surface area contributed by atoms with E-state index in [1.807, 2.05) is 24.5 Å². The summed E-state index contributed by atoms with van der Waals surface area (Å²) in [5.41, 5.74) is 1.26. The molecule has 0 unspecified atom stereocenters. The molecule has 0 radical (unpaired) electrons. The molecular formula is C9H8ClN. The molecule has 2 heteroatoms. The first-order valence-electron chi connectivity index (χ1n) is 3.50. The normalized spacial score (nSPS) is 10.7. The van der Waals surface area contributed by atoms with E-state index in [1.54, 1.807) is 0 Å². The van der Waals surface area contributed by atoms with Gasteiger partial charge in [-0.25, -0.2) is 0 Å². The first kappa shape index (κ1) is 6.74. The van der Waals surface area contributed by atoms with Crippen LogP contribution >= 0.6 is 11.6 Å². The van der Waals surface area contributed by atoms with Crippen LogP contribution in [0.4, 0.5) is 0 Å². The third-order valence-electron chi connectivity index (χ3n) is 1.91. The van der Waals surface area contributed by atoms with E-state index in [4.69, 9.17) is 11.6 Å². The highest BCUT2D eigenvalue weighted by atomic mass is 35.5. The Morgan fingerprint density at radius 1 is 1.18 bits per heavy atom. The van der Waals surface area contributed by atoms with Gasteiger partial charge in [0, 0.05) is 28.2 Å².